The van der Waals surface area contributed by atoms with Gasteiger partial charge >= 0.3 is 5.97 Å². The quantitative estimate of drug-likeness (QED) is 0.746. The van der Waals surface area contributed by atoms with Gasteiger partial charge in [0.15, 0.2) is 6.04 Å². The van der Waals surface area contributed by atoms with E-state index < -0.39 is 12.0 Å². The van der Waals surface area contributed by atoms with Gasteiger partial charge in [-0.2, -0.15) is 0 Å². The number of rotatable bonds is 2. The van der Waals surface area contributed by atoms with Crippen molar-refractivity contribution in [2.45, 2.75) is 6.04 Å². The zero-order valence-electron chi connectivity index (χ0n) is 8.97. The fourth-order valence-corrected chi connectivity index (χ4v) is 1.82. The monoisotopic (exact) mass is 248 g/mol. The lowest BCUT2D eigenvalue weighted by atomic mass is 10.1. The molecule has 0 aliphatic carbocycles. The van der Waals surface area contributed by atoms with E-state index in [4.69, 9.17) is 13.9 Å². The highest BCUT2D eigenvalue weighted by atomic mass is 16.4. The molecular formula is C11H8N2O5. The van der Waals surface area contributed by atoms with Crippen LogP contribution in [0.15, 0.2) is 33.5 Å². The second kappa shape index (κ2) is 3.66. The van der Waals surface area contributed by atoms with Gasteiger partial charge in [-0.05, 0) is 12.1 Å². The van der Waals surface area contributed by atoms with Crippen LogP contribution in [0.2, 0.25) is 0 Å². The minimum absolute atomic E-state index is 0.239. The van der Waals surface area contributed by atoms with Crippen molar-refractivity contribution >= 4 is 23.3 Å². The molecule has 0 bridgehead atoms. The molecule has 0 radical (unpaired) electrons. The summed E-state index contributed by atoms with van der Waals surface area (Å²) >= 11 is 0. The lowest BCUT2D eigenvalue weighted by Crippen LogP contribution is -2.31. The molecule has 7 nitrogen and oxygen atoms in total. The summed E-state index contributed by atoms with van der Waals surface area (Å²) in [6.45, 7) is 0. The predicted octanol–water partition coefficient (Wildman–Crippen LogP) is 1.68. The number of aromatic carboxylic acids is 1. The van der Waals surface area contributed by atoms with Crippen LogP contribution in [-0.4, -0.2) is 17.0 Å². The number of hydrogen-bond donors (Lipinski definition) is 3. The molecule has 7 heteroatoms. The lowest BCUT2D eigenvalue weighted by molar-refractivity contribution is -0.117. The summed E-state index contributed by atoms with van der Waals surface area (Å²) in [5, 5.41) is 14.3. The first kappa shape index (κ1) is 10.5. The number of amides is 1. The fourth-order valence-electron chi connectivity index (χ4n) is 1.82. The first-order chi connectivity index (χ1) is 8.66. The minimum atomic E-state index is -1.21. The van der Waals surface area contributed by atoms with Crippen LogP contribution in [0.25, 0.3) is 0 Å². The molecule has 3 rings (SSSR count). The Labute approximate surface area is 100 Å². The normalized spacial score (nSPS) is 17.8. The van der Waals surface area contributed by atoms with Gasteiger partial charge in [0.25, 0.3) is 5.91 Å². The summed E-state index contributed by atoms with van der Waals surface area (Å²) in [5.74, 6) is -1.40. The molecule has 18 heavy (non-hydrogen) atoms. The van der Waals surface area contributed by atoms with Crippen molar-refractivity contribution < 1.29 is 23.5 Å². The summed E-state index contributed by atoms with van der Waals surface area (Å²) in [7, 11) is 0. The van der Waals surface area contributed by atoms with Crippen LogP contribution in [0, 0.1) is 0 Å². The maximum absolute atomic E-state index is 11.8. The van der Waals surface area contributed by atoms with Crippen molar-refractivity contribution in [3.05, 3.63) is 36.2 Å². The molecule has 2 aromatic rings. The molecule has 2 aromatic heterocycles. The number of hydrogen-bond acceptors (Lipinski definition) is 5. The summed E-state index contributed by atoms with van der Waals surface area (Å²) < 4.78 is 10.0. The molecule has 1 amide bonds. The number of carboxylic acid groups (broad SMARTS) is 1. The van der Waals surface area contributed by atoms with Gasteiger partial charge in [-0.1, -0.05) is 0 Å². The molecule has 0 saturated heterocycles. The second-order valence-corrected chi connectivity index (χ2v) is 3.74. The van der Waals surface area contributed by atoms with Crippen LogP contribution in [0.5, 0.6) is 0 Å². The zero-order valence-corrected chi connectivity index (χ0v) is 8.97. The van der Waals surface area contributed by atoms with Gasteiger partial charge in [-0.3, -0.25) is 4.79 Å². The average molecular weight is 248 g/mol. The number of fused-ring (bicyclic) bond motifs is 1. The van der Waals surface area contributed by atoms with Crippen LogP contribution >= 0.6 is 0 Å². The summed E-state index contributed by atoms with van der Waals surface area (Å²) in [6, 6.07) is 2.50. The number of anilines is 2. The third kappa shape index (κ3) is 1.45. The number of furan rings is 2. The van der Waals surface area contributed by atoms with Crippen LogP contribution in [0.3, 0.4) is 0 Å². The molecule has 1 atom stereocenters. The second-order valence-electron chi connectivity index (χ2n) is 3.74. The highest BCUT2D eigenvalue weighted by Crippen LogP contribution is 2.36. The average Bonchev–Trinajstić information content (AvgIpc) is 2.95. The highest BCUT2D eigenvalue weighted by molar-refractivity contribution is 6.07. The van der Waals surface area contributed by atoms with Crippen molar-refractivity contribution in [1.29, 1.82) is 0 Å². The number of carbonyl (C=O) groups excluding carboxylic acids is 1. The first-order valence-electron chi connectivity index (χ1n) is 5.12. The molecule has 1 aliphatic rings. The maximum atomic E-state index is 11.8. The standard InChI is InChI=1S/C11H8N2O5/c14-10-8(6-2-1-3-17-6)13-7-5(12-10)4-18-9(7)11(15)16/h1-4,8,13H,(H,12,14)(H,15,16). The summed E-state index contributed by atoms with van der Waals surface area (Å²) in [6.07, 6.45) is 2.62. The highest BCUT2D eigenvalue weighted by Gasteiger charge is 2.33. The van der Waals surface area contributed by atoms with E-state index in [0.29, 0.717) is 11.4 Å². The topological polar surface area (TPSA) is 105 Å². The number of carbonyl (C=O) groups is 2. The van der Waals surface area contributed by atoms with Crippen LogP contribution in [-0.2, 0) is 4.79 Å². The van der Waals surface area contributed by atoms with E-state index in [1.165, 1.54) is 12.5 Å². The van der Waals surface area contributed by atoms with Crippen LogP contribution < -0.4 is 10.6 Å². The number of nitrogens with one attached hydrogen (secondary N) is 2. The SMILES string of the molecule is O=C(O)c1occ2c1NC(c1ccco1)C(=O)N2. The van der Waals surface area contributed by atoms with E-state index in [9.17, 15) is 9.59 Å². The largest absolute Gasteiger partial charge is 0.475 e. The predicted molar refractivity (Wildman–Crippen MR) is 59.4 cm³/mol. The van der Waals surface area contributed by atoms with E-state index in [1.54, 1.807) is 12.1 Å². The van der Waals surface area contributed by atoms with Crippen molar-refractivity contribution in [3.63, 3.8) is 0 Å². The summed E-state index contributed by atoms with van der Waals surface area (Å²) in [5.41, 5.74) is 0.545. The van der Waals surface area contributed by atoms with Gasteiger partial charge in [-0.25, -0.2) is 4.79 Å². The smallest absolute Gasteiger partial charge is 0.374 e. The molecule has 0 aromatic carbocycles. The molecule has 1 aliphatic heterocycles. The van der Waals surface area contributed by atoms with Crippen LogP contribution in [0.4, 0.5) is 11.4 Å². The molecule has 0 fully saturated rings. The van der Waals surface area contributed by atoms with Gasteiger partial charge in [0.1, 0.15) is 23.4 Å². The molecule has 92 valence electrons. The molecule has 0 spiro atoms. The van der Waals surface area contributed by atoms with E-state index in [0.717, 1.165) is 0 Å². The molecule has 3 heterocycles. The maximum Gasteiger partial charge on any atom is 0.374 e. The van der Waals surface area contributed by atoms with E-state index in [2.05, 4.69) is 10.6 Å². The van der Waals surface area contributed by atoms with Gasteiger partial charge in [0.2, 0.25) is 5.76 Å². The Morgan fingerprint density at radius 1 is 1.39 bits per heavy atom. The molecular weight excluding hydrogens is 240 g/mol. The van der Waals surface area contributed by atoms with Gasteiger partial charge in [0.05, 0.1) is 6.26 Å². The Hall–Kier alpha value is -2.70. The van der Waals surface area contributed by atoms with Gasteiger partial charge < -0.3 is 24.6 Å². The molecule has 1 unspecified atom stereocenters. The van der Waals surface area contributed by atoms with E-state index >= 15 is 0 Å². The number of carboxylic acids is 1. The lowest BCUT2D eigenvalue weighted by Gasteiger charge is -2.22. The van der Waals surface area contributed by atoms with E-state index in [1.807, 2.05) is 0 Å². The zero-order chi connectivity index (χ0) is 12.7. The Morgan fingerprint density at radius 3 is 2.89 bits per heavy atom. The van der Waals surface area contributed by atoms with Crippen LogP contribution in [0.1, 0.15) is 22.4 Å². The Balaban J connectivity index is 2.01. The Bertz CT molecular complexity index is 613. The van der Waals surface area contributed by atoms with Crippen molar-refractivity contribution in [1.82, 2.24) is 0 Å². The van der Waals surface area contributed by atoms with Crippen molar-refractivity contribution in [3.8, 4) is 0 Å². The third-order valence-electron chi connectivity index (χ3n) is 2.62. The minimum Gasteiger partial charge on any atom is -0.475 e. The summed E-state index contributed by atoms with van der Waals surface area (Å²) in [4.78, 5) is 22.8. The van der Waals surface area contributed by atoms with Crippen molar-refractivity contribution in [2.75, 3.05) is 10.6 Å². The first-order valence-corrected chi connectivity index (χ1v) is 5.12. The molecule has 0 saturated carbocycles. The Kier molecular flexibility index (Phi) is 2.12. The molecule has 3 N–H and O–H groups in total. The van der Waals surface area contributed by atoms with Gasteiger partial charge in [-0.15, -0.1) is 0 Å². The van der Waals surface area contributed by atoms with E-state index in [-0.39, 0.29) is 17.4 Å². The van der Waals surface area contributed by atoms with Gasteiger partial charge in [0, 0.05) is 0 Å². The Morgan fingerprint density at radius 2 is 2.22 bits per heavy atom. The third-order valence-corrected chi connectivity index (χ3v) is 2.62. The fraction of sp³-hybridized carbons (Fsp3) is 0.0909. The van der Waals surface area contributed by atoms with Crippen molar-refractivity contribution in [2.24, 2.45) is 0 Å².